The van der Waals surface area contributed by atoms with E-state index in [1.54, 1.807) is 6.92 Å². The predicted molar refractivity (Wildman–Crippen MR) is 69.5 cm³/mol. The molecule has 0 aliphatic carbocycles. The molecule has 0 bridgehead atoms. The molecule has 7 heteroatoms. The second-order valence-electron chi connectivity index (χ2n) is 4.90. The number of nitrogens with one attached hydrogen (secondary N) is 1. The first kappa shape index (κ1) is 14.5. The Hall–Kier alpha value is -1.89. The quantitative estimate of drug-likeness (QED) is 0.808. The van der Waals surface area contributed by atoms with Crippen molar-refractivity contribution >= 4 is 11.8 Å². The van der Waals surface area contributed by atoms with Gasteiger partial charge in [-0.2, -0.15) is 0 Å². The monoisotopic (exact) mass is 281 g/mol. The highest BCUT2D eigenvalue weighted by molar-refractivity contribution is 5.87. The highest BCUT2D eigenvalue weighted by Crippen LogP contribution is 2.11. The van der Waals surface area contributed by atoms with Crippen molar-refractivity contribution in [3.63, 3.8) is 0 Å². The zero-order chi connectivity index (χ0) is 14.5. The van der Waals surface area contributed by atoms with Crippen LogP contribution in [0.2, 0.25) is 0 Å². The molecule has 110 valence electrons. The number of hydrogen-bond donors (Lipinski definition) is 2. The van der Waals surface area contributed by atoms with Crippen molar-refractivity contribution in [1.29, 1.82) is 0 Å². The smallest absolute Gasteiger partial charge is 0.251 e. The minimum absolute atomic E-state index is 0.0349. The normalized spacial score (nSPS) is 19.8. The van der Waals surface area contributed by atoms with Crippen molar-refractivity contribution in [2.75, 3.05) is 13.1 Å². The standard InChI is InChI=1S/C13H19N3O4/c1-9-10(15-8-20-9)6-14-12(18)7-16-5-3-2-4-11(17)13(16)19/h8,11,17H,2-7H2,1H3,(H,14,18). The second-order valence-corrected chi connectivity index (χ2v) is 4.90. The van der Waals surface area contributed by atoms with E-state index >= 15 is 0 Å². The lowest BCUT2D eigenvalue weighted by atomic mass is 10.2. The summed E-state index contributed by atoms with van der Waals surface area (Å²) in [5.41, 5.74) is 0.667. The Bertz CT molecular complexity index is 486. The van der Waals surface area contributed by atoms with E-state index in [0.29, 0.717) is 24.4 Å². The van der Waals surface area contributed by atoms with Gasteiger partial charge in [-0.25, -0.2) is 4.98 Å². The van der Waals surface area contributed by atoms with E-state index in [4.69, 9.17) is 4.42 Å². The molecule has 2 N–H and O–H groups in total. The lowest BCUT2D eigenvalue weighted by molar-refractivity contribution is -0.142. The van der Waals surface area contributed by atoms with E-state index in [1.807, 2.05) is 0 Å². The van der Waals surface area contributed by atoms with Crippen LogP contribution in [0, 0.1) is 6.92 Å². The van der Waals surface area contributed by atoms with Gasteiger partial charge in [0, 0.05) is 6.54 Å². The van der Waals surface area contributed by atoms with Crippen molar-refractivity contribution in [2.45, 2.75) is 38.8 Å². The number of nitrogens with zero attached hydrogens (tertiary/aromatic N) is 2. The van der Waals surface area contributed by atoms with E-state index in [-0.39, 0.29) is 24.9 Å². The fourth-order valence-electron chi connectivity index (χ4n) is 2.15. The molecule has 2 heterocycles. The molecule has 2 amide bonds. The molecule has 1 aromatic heterocycles. The van der Waals surface area contributed by atoms with E-state index in [0.717, 1.165) is 12.8 Å². The van der Waals surface area contributed by atoms with Crippen LogP contribution in [-0.4, -0.2) is 46.0 Å². The molecule has 1 unspecified atom stereocenters. The molecule has 7 nitrogen and oxygen atoms in total. The van der Waals surface area contributed by atoms with E-state index in [2.05, 4.69) is 10.3 Å². The molecular formula is C13H19N3O4. The van der Waals surface area contributed by atoms with E-state index in [9.17, 15) is 14.7 Å². The number of rotatable bonds is 4. The topological polar surface area (TPSA) is 95.7 Å². The maximum atomic E-state index is 11.8. The lowest BCUT2D eigenvalue weighted by Gasteiger charge is -2.21. The van der Waals surface area contributed by atoms with Gasteiger partial charge in [0.1, 0.15) is 17.6 Å². The number of likely N-dealkylation sites (tertiary alicyclic amines) is 1. The number of aliphatic hydroxyl groups is 1. The maximum absolute atomic E-state index is 11.8. The first-order valence-corrected chi connectivity index (χ1v) is 6.70. The minimum atomic E-state index is -0.983. The summed E-state index contributed by atoms with van der Waals surface area (Å²) in [6.07, 6.45) is 2.41. The Morgan fingerprint density at radius 3 is 3.10 bits per heavy atom. The Balaban J connectivity index is 1.84. The van der Waals surface area contributed by atoms with Gasteiger partial charge in [-0.1, -0.05) is 0 Å². The van der Waals surface area contributed by atoms with E-state index < -0.39 is 6.10 Å². The van der Waals surface area contributed by atoms with Crippen LogP contribution in [0.4, 0.5) is 0 Å². The summed E-state index contributed by atoms with van der Waals surface area (Å²) in [7, 11) is 0. The van der Waals surface area contributed by atoms with Crippen LogP contribution in [0.5, 0.6) is 0 Å². The van der Waals surface area contributed by atoms with Gasteiger partial charge in [-0.3, -0.25) is 9.59 Å². The van der Waals surface area contributed by atoms with Crippen LogP contribution in [-0.2, 0) is 16.1 Å². The number of amides is 2. The SMILES string of the molecule is Cc1ocnc1CNC(=O)CN1CCCCC(O)C1=O. The number of aromatic nitrogens is 1. The first-order valence-electron chi connectivity index (χ1n) is 6.70. The Labute approximate surface area is 117 Å². The Morgan fingerprint density at radius 1 is 1.60 bits per heavy atom. The van der Waals surface area contributed by atoms with Gasteiger partial charge in [0.25, 0.3) is 5.91 Å². The number of carbonyl (C=O) groups is 2. The molecule has 0 aromatic carbocycles. The minimum Gasteiger partial charge on any atom is -0.448 e. The summed E-state index contributed by atoms with van der Waals surface area (Å²) >= 11 is 0. The number of carbonyl (C=O) groups excluding carboxylic acids is 2. The predicted octanol–water partition coefficient (Wildman–Crippen LogP) is -0.0274. The number of hydrogen-bond acceptors (Lipinski definition) is 5. The second kappa shape index (κ2) is 6.51. The molecule has 2 rings (SSSR count). The van der Waals surface area contributed by atoms with Crippen LogP contribution in [0.15, 0.2) is 10.8 Å². The zero-order valence-corrected chi connectivity index (χ0v) is 11.5. The summed E-state index contributed by atoms with van der Waals surface area (Å²) in [6, 6.07) is 0. The fourth-order valence-corrected chi connectivity index (χ4v) is 2.15. The summed E-state index contributed by atoms with van der Waals surface area (Å²) in [6.45, 7) is 2.51. The molecule has 1 aromatic rings. The largest absolute Gasteiger partial charge is 0.448 e. The molecule has 0 radical (unpaired) electrons. The van der Waals surface area contributed by atoms with Crippen molar-refractivity contribution in [2.24, 2.45) is 0 Å². The Morgan fingerprint density at radius 2 is 2.40 bits per heavy atom. The fraction of sp³-hybridized carbons (Fsp3) is 0.615. The average molecular weight is 281 g/mol. The third-order valence-electron chi connectivity index (χ3n) is 3.38. The van der Waals surface area contributed by atoms with Gasteiger partial charge >= 0.3 is 0 Å². The third kappa shape index (κ3) is 3.57. The summed E-state index contributed by atoms with van der Waals surface area (Å²) in [4.78, 5) is 29.1. The molecule has 1 atom stereocenters. The summed E-state index contributed by atoms with van der Waals surface area (Å²) in [5, 5.41) is 12.3. The molecule has 1 aliphatic rings. The molecule has 20 heavy (non-hydrogen) atoms. The van der Waals surface area contributed by atoms with Crippen molar-refractivity contribution in [3.05, 3.63) is 17.8 Å². The van der Waals surface area contributed by atoms with Crippen LogP contribution in [0.25, 0.3) is 0 Å². The maximum Gasteiger partial charge on any atom is 0.251 e. The van der Waals surface area contributed by atoms with Crippen molar-refractivity contribution in [3.8, 4) is 0 Å². The van der Waals surface area contributed by atoms with Crippen LogP contribution < -0.4 is 5.32 Å². The highest BCUT2D eigenvalue weighted by Gasteiger charge is 2.26. The number of aryl methyl sites for hydroxylation is 1. The first-order chi connectivity index (χ1) is 9.58. The van der Waals surface area contributed by atoms with Crippen LogP contribution in [0.3, 0.4) is 0 Å². The molecule has 1 saturated heterocycles. The molecule has 0 spiro atoms. The van der Waals surface area contributed by atoms with Crippen molar-refractivity contribution in [1.82, 2.24) is 15.2 Å². The highest BCUT2D eigenvalue weighted by atomic mass is 16.3. The zero-order valence-electron chi connectivity index (χ0n) is 11.5. The molecule has 0 saturated carbocycles. The van der Waals surface area contributed by atoms with E-state index in [1.165, 1.54) is 11.3 Å². The third-order valence-corrected chi connectivity index (χ3v) is 3.38. The van der Waals surface area contributed by atoms with Crippen molar-refractivity contribution < 1.29 is 19.1 Å². The van der Waals surface area contributed by atoms with Crippen LogP contribution >= 0.6 is 0 Å². The molecule has 1 aliphatic heterocycles. The van der Waals surface area contributed by atoms with Gasteiger partial charge in [-0.15, -0.1) is 0 Å². The molecule has 1 fully saturated rings. The van der Waals surface area contributed by atoms with Gasteiger partial charge in [0.2, 0.25) is 5.91 Å². The summed E-state index contributed by atoms with van der Waals surface area (Å²) < 4.78 is 5.03. The summed E-state index contributed by atoms with van der Waals surface area (Å²) in [5.74, 6) is 0.0247. The number of oxazole rings is 1. The van der Waals surface area contributed by atoms with Gasteiger partial charge in [-0.05, 0) is 26.2 Å². The lowest BCUT2D eigenvalue weighted by Crippen LogP contribution is -2.44. The average Bonchev–Trinajstić information content (AvgIpc) is 2.77. The van der Waals surface area contributed by atoms with Gasteiger partial charge < -0.3 is 19.7 Å². The molecular weight excluding hydrogens is 262 g/mol. The van der Waals surface area contributed by atoms with Crippen LogP contribution in [0.1, 0.15) is 30.7 Å². The number of aliphatic hydroxyl groups excluding tert-OH is 1. The van der Waals surface area contributed by atoms with Gasteiger partial charge in [0.05, 0.1) is 13.1 Å². The van der Waals surface area contributed by atoms with Gasteiger partial charge in [0.15, 0.2) is 6.39 Å². The Kier molecular flexibility index (Phi) is 4.73.